The van der Waals surface area contributed by atoms with Crippen molar-refractivity contribution in [3.05, 3.63) is 54.0 Å². The molecule has 146 valence electrons. The van der Waals surface area contributed by atoms with Crippen molar-refractivity contribution >= 4 is 40.8 Å². The second-order valence-electron chi connectivity index (χ2n) is 6.37. The Kier molecular flexibility index (Phi) is 8.63. The molecule has 0 aliphatic rings. The lowest BCUT2D eigenvalue weighted by Crippen LogP contribution is -2.38. The Labute approximate surface area is 177 Å². The lowest BCUT2D eigenvalue weighted by Gasteiger charge is -2.11. The summed E-state index contributed by atoms with van der Waals surface area (Å²) < 4.78 is 1.94. The summed E-state index contributed by atoms with van der Waals surface area (Å²) in [6.07, 6.45) is 7.84. The van der Waals surface area contributed by atoms with Crippen LogP contribution in [0.1, 0.15) is 24.5 Å². The maximum atomic E-state index is 4.65. The summed E-state index contributed by atoms with van der Waals surface area (Å²) in [4.78, 5) is 8.05. The van der Waals surface area contributed by atoms with Gasteiger partial charge in [-0.05, 0) is 43.9 Å². The molecule has 7 heteroatoms. The standard InChI is InChI=1S/C20H28N6.HI/c1-3-21-20(22-10-5-13-26-14-6-11-25-26)23-12-9-17-15-24-19-16(2)7-4-8-18(17)19;/h4,6-8,11,14-15,24H,3,5,9-10,12-13H2,1-2H3,(H2,21,22,23);1H. The SMILES string of the molecule is CCNC(=NCCCn1cccn1)NCCc1c[nH]c2c(C)cccc12.I. The summed E-state index contributed by atoms with van der Waals surface area (Å²) in [6.45, 7) is 7.61. The number of para-hydroxylation sites is 1. The van der Waals surface area contributed by atoms with E-state index in [2.05, 4.69) is 64.0 Å². The van der Waals surface area contributed by atoms with Crippen molar-refractivity contribution in [2.45, 2.75) is 33.2 Å². The molecule has 0 fully saturated rings. The lowest BCUT2D eigenvalue weighted by atomic mass is 10.1. The molecule has 0 saturated carbocycles. The fourth-order valence-corrected chi connectivity index (χ4v) is 3.08. The quantitative estimate of drug-likeness (QED) is 0.200. The fourth-order valence-electron chi connectivity index (χ4n) is 3.08. The van der Waals surface area contributed by atoms with E-state index in [0.717, 1.165) is 45.0 Å². The first kappa shape index (κ1) is 21.3. The Morgan fingerprint density at radius 3 is 2.93 bits per heavy atom. The van der Waals surface area contributed by atoms with Crippen LogP contribution in [-0.4, -0.2) is 40.4 Å². The molecule has 0 amide bonds. The number of guanidine groups is 1. The zero-order chi connectivity index (χ0) is 18.2. The molecule has 3 aromatic rings. The minimum absolute atomic E-state index is 0. The Hall–Kier alpha value is -2.03. The number of halogens is 1. The molecular weight excluding hydrogens is 451 g/mol. The van der Waals surface area contributed by atoms with E-state index in [4.69, 9.17) is 0 Å². The molecule has 0 aliphatic heterocycles. The molecule has 1 aromatic carbocycles. The third-order valence-electron chi connectivity index (χ3n) is 4.41. The highest BCUT2D eigenvalue weighted by atomic mass is 127. The predicted octanol–water partition coefficient (Wildman–Crippen LogP) is 3.48. The molecule has 2 aromatic heterocycles. The van der Waals surface area contributed by atoms with Gasteiger partial charge in [0, 0.05) is 55.7 Å². The molecule has 0 bridgehead atoms. The molecule has 0 aliphatic carbocycles. The van der Waals surface area contributed by atoms with Crippen LogP contribution in [0, 0.1) is 6.92 Å². The van der Waals surface area contributed by atoms with Crippen molar-refractivity contribution in [2.24, 2.45) is 4.99 Å². The van der Waals surface area contributed by atoms with Crippen LogP contribution in [0.4, 0.5) is 0 Å². The zero-order valence-corrected chi connectivity index (χ0v) is 18.4. The number of H-pyrrole nitrogens is 1. The van der Waals surface area contributed by atoms with Gasteiger partial charge in [0.2, 0.25) is 0 Å². The van der Waals surface area contributed by atoms with E-state index in [-0.39, 0.29) is 24.0 Å². The van der Waals surface area contributed by atoms with E-state index in [9.17, 15) is 0 Å². The van der Waals surface area contributed by atoms with E-state index >= 15 is 0 Å². The van der Waals surface area contributed by atoms with Crippen molar-refractivity contribution in [1.82, 2.24) is 25.4 Å². The highest BCUT2D eigenvalue weighted by molar-refractivity contribution is 14.0. The number of benzene rings is 1. The predicted molar refractivity (Wildman–Crippen MR) is 123 cm³/mol. The summed E-state index contributed by atoms with van der Waals surface area (Å²) in [5.41, 5.74) is 3.86. The summed E-state index contributed by atoms with van der Waals surface area (Å²) in [6, 6.07) is 8.39. The van der Waals surface area contributed by atoms with Gasteiger partial charge in [0.1, 0.15) is 0 Å². The monoisotopic (exact) mass is 480 g/mol. The van der Waals surface area contributed by atoms with E-state index in [1.807, 2.05) is 16.9 Å². The van der Waals surface area contributed by atoms with Gasteiger partial charge >= 0.3 is 0 Å². The van der Waals surface area contributed by atoms with Crippen LogP contribution in [0.25, 0.3) is 10.9 Å². The first-order chi connectivity index (χ1) is 12.8. The normalized spacial score (nSPS) is 11.4. The second kappa shape index (κ2) is 11.0. The molecule has 0 radical (unpaired) electrons. The number of nitrogens with zero attached hydrogens (tertiary/aromatic N) is 3. The molecule has 2 heterocycles. The lowest BCUT2D eigenvalue weighted by molar-refractivity contribution is 0.584. The summed E-state index contributed by atoms with van der Waals surface area (Å²) in [5, 5.41) is 12.3. The topological polar surface area (TPSA) is 70.0 Å². The number of rotatable bonds is 8. The van der Waals surface area contributed by atoms with Crippen LogP contribution in [0.3, 0.4) is 0 Å². The number of hydrogen-bond acceptors (Lipinski definition) is 2. The molecule has 0 atom stereocenters. The highest BCUT2D eigenvalue weighted by Gasteiger charge is 2.05. The Morgan fingerprint density at radius 1 is 1.26 bits per heavy atom. The van der Waals surface area contributed by atoms with Crippen LogP contribution in [0.15, 0.2) is 47.8 Å². The summed E-state index contributed by atoms with van der Waals surface area (Å²) >= 11 is 0. The molecular formula is C20H29IN6. The highest BCUT2D eigenvalue weighted by Crippen LogP contribution is 2.21. The van der Waals surface area contributed by atoms with Gasteiger partial charge in [-0.25, -0.2) is 0 Å². The van der Waals surface area contributed by atoms with Crippen LogP contribution < -0.4 is 10.6 Å². The molecule has 3 rings (SSSR count). The number of aromatic amines is 1. The number of fused-ring (bicyclic) bond motifs is 1. The summed E-state index contributed by atoms with van der Waals surface area (Å²) in [7, 11) is 0. The Morgan fingerprint density at radius 2 is 2.15 bits per heavy atom. The molecule has 0 spiro atoms. The maximum Gasteiger partial charge on any atom is 0.191 e. The number of aromatic nitrogens is 3. The van der Waals surface area contributed by atoms with E-state index in [1.54, 1.807) is 6.20 Å². The van der Waals surface area contributed by atoms with Crippen molar-refractivity contribution in [3.8, 4) is 0 Å². The van der Waals surface area contributed by atoms with Gasteiger partial charge in [-0.3, -0.25) is 9.67 Å². The van der Waals surface area contributed by atoms with Crippen LogP contribution in [-0.2, 0) is 13.0 Å². The van der Waals surface area contributed by atoms with Crippen molar-refractivity contribution < 1.29 is 0 Å². The van der Waals surface area contributed by atoms with Gasteiger partial charge < -0.3 is 15.6 Å². The Balaban J connectivity index is 0.00000261. The third kappa shape index (κ3) is 5.98. The van der Waals surface area contributed by atoms with Crippen LogP contribution in [0.2, 0.25) is 0 Å². The minimum Gasteiger partial charge on any atom is -0.361 e. The average molecular weight is 480 g/mol. The molecule has 3 N–H and O–H groups in total. The van der Waals surface area contributed by atoms with Crippen molar-refractivity contribution in [1.29, 1.82) is 0 Å². The number of hydrogen-bond donors (Lipinski definition) is 3. The van der Waals surface area contributed by atoms with E-state index < -0.39 is 0 Å². The van der Waals surface area contributed by atoms with Gasteiger partial charge in [0.25, 0.3) is 0 Å². The minimum atomic E-state index is 0. The van der Waals surface area contributed by atoms with Gasteiger partial charge in [-0.15, -0.1) is 24.0 Å². The van der Waals surface area contributed by atoms with E-state index in [1.165, 1.54) is 22.0 Å². The Bertz CT molecular complexity index is 837. The number of nitrogens with one attached hydrogen (secondary N) is 3. The smallest absolute Gasteiger partial charge is 0.191 e. The zero-order valence-electron chi connectivity index (χ0n) is 16.0. The second-order valence-corrected chi connectivity index (χ2v) is 6.37. The van der Waals surface area contributed by atoms with Gasteiger partial charge in [-0.1, -0.05) is 18.2 Å². The summed E-state index contributed by atoms with van der Waals surface area (Å²) in [5.74, 6) is 0.879. The van der Waals surface area contributed by atoms with Gasteiger partial charge in [0.15, 0.2) is 5.96 Å². The number of aryl methyl sites for hydroxylation is 2. The van der Waals surface area contributed by atoms with E-state index in [0.29, 0.717) is 0 Å². The molecule has 27 heavy (non-hydrogen) atoms. The molecule has 0 unspecified atom stereocenters. The third-order valence-corrected chi connectivity index (χ3v) is 4.41. The van der Waals surface area contributed by atoms with Gasteiger partial charge in [0.05, 0.1) is 0 Å². The van der Waals surface area contributed by atoms with Crippen LogP contribution >= 0.6 is 24.0 Å². The van der Waals surface area contributed by atoms with Crippen LogP contribution in [0.5, 0.6) is 0 Å². The van der Waals surface area contributed by atoms with Crippen molar-refractivity contribution in [3.63, 3.8) is 0 Å². The fraction of sp³-hybridized carbons (Fsp3) is 0.400. The number of aliphatic imine (C=N–C) groups is 1. The largest absolute Gasteiger partial charge is 0.361 e. The van der Waals surface area contributed by atoms with Gasteiger partial charge in [-0.2, -0.15) is 5.10 Å². The first-order valence-corrected chi connectivity index (χ1v) is 9.33. The average Bonchev–Trinajstić information content (AvgIpc) is 3.29. The molecule has 0 saturated heterocycles. The van der Waals surface area contributed by atoms with Crippen molar-refractivity contribution in [2.75, 3.05) is 19.6 Å². The molecule has 6 nitrogen and oxygen atoms in total. The first-order valence-electron chi connectivity index (χ1n) is 9.33. The maximum absolute atomic E-state index is 4.65.